The molecule has 1 atom stereocenters. The fourth-order valence-electron chi connectivity index (χ4n) is 2.89. The van der Waals surface area contributed by atoms with Crippen molar-refractivity contribution in [1.82, 2.24) is 4.72 Å². The number of carbonyl (C=O) groups excluding carboxylic acids is 3. The maximum absolute atomic E-state index is 12.7. The van der Waals surface area contributed by atoms with Gasteiger partial charge in [-0.05, 0) is 43.3 Å². The molecule has 2 aromatic carbocycles. The summed E-state index contributed by atoms with van der Waals surface area (Å²) >= 11 is 0. The highest BCUT2D eigenvalue weighted by Gasteiger charge is 2.39. The van der Waals surface area contributed by atoms with Crippen LogP contribution in [0.4, 0.5) is 11.4 Å². The summed E-state index contributed by atoms with van der Waals surface area (Å²) in [4.78, 5) is 37.0. The zero-order valence-corrected chi connectivity index (χ0v) is 16.1. The smallest absolute Gasteiger partial charge is 0.264 e. The largest absolute Gasteiger partial charge is 0.373 e. The molecule has 0 radical (unpaired) electrons. The van der Waals surface area contributed by atoms with Gasteiger partial charge in [0.25, 0.3) is 15.9 Å². The number of imide groups is 1. The van der Waals surface area contributed by atoms with Crippen molar-refractivity contribution in [2.24, 2.45) is 0 Å². The number of aryl methyl sites for hydroxylation is 1. The van der Waals surface area contributed by atoms with Crippen LogP contribution in [0.15, 0.2) is 53.4 Å². The fourth-order valence-corrected chi connectivity index (χ4v) is 3.88. The Morgan fingerprint density at radius 1 is 1.04 bits per heavy atom. The molecule has 1 unspecified atom stereocenters. The molecule has 1 saturated heterocycles. The van der Waals surface area contributed by atoms with Crippen LogP contribution in [0.5, 0.6) is 0 Å². The first kappa shape index (κ1) is 19.6. The van der Waals surface area contributed by atoms with E-state index >= 15 is 0 Å². The van der Waals surface area contributed by atoms with Crippen LogP contribution in [0.25, 0.3) is 0 Å². The quantitative estimate of drug-likeness (QED) is 0.736. The second kappa shape index (κ2) is 7.43. The van der Waals surface area contributed by atoms with Gasteiger partial charge < -0.3 is 5.32 Å². The molecule has 9 heteroatoms. The van der Waals surface area contributed by atoms with Gasteiger partial charge in [0.2, 0.25) is 11.8 Å². The first-order valence-corrected chi connectivity index (χ1v) is 9.99. The maximum Gasteiger partial charge on any atom is 0.264 e. The Hall–Kier alpha value is -3.20. The average molecular weight is 401 g/mol. The minimum Gasteiger partial charge on any atom is -0.373 e. The van der Waals surface area contributed by atoms with Gasteiger partial charge in [-0.3, -0.25) is 14.4 Å². The third-order valence-corrected chi connectivity index (χ3v) is 5.67. The molecular weight excluding hydrogens is 382 g/mol. The SMILES string of the molecule is CC(=O)NS(=O)(=O)c1ccc(NC2CC(=O)N(c3ccc(C)cc3)C2=O)cc1. The van der Waals surface area contributed by atoms with E-state index in [0.717, 1.165) is 17.4 Å². The lowest BCUT2D eigenvalue weighted by Crippen LogP contribution is -2.34. The number of rotatable bonds is 5. The topological polar surface area (TPSA) is 113 Å². The molecule has 1 aliphatic rings. The van der Waals surface area contributed by atoms with Crippen LogP contribution < -0.4 is 14.9 Å². The Kier molecular flexibility index (Phi) is 5.19. The standard InChI is InChI=1S/C19H19N3O5S/c1-12-3-7-15(8-4-12)22-18(24)11-17(19(22)25)20-14-5-9-16(10-6-14)28(26,27)21-13(2)23/h3-10,17,20H,11H2,1-2H3,(H,21,23). The average Bonchev–Trinajstić information content (AvgIpc) is 2.89. The Balaban J connectivity index is 1.74. The number of carbonyl (C=O) groups is 3. The highest BCUT2D eigenvalue weighted by atomic mass is 32.2. The summed E-state index contributed by atoms with van der Waals surface area (Å²) in [5, 5.41) is 2.96. The minimum absolute atomic E-state index is 0.00134. The van der Waals surface area contributed by atoms with Crippen LogP contribution in [-0.2, 0) is 24.4 Å². The number of benzene rings is 2. The lowest BCUT2D eigenvalue weighted by atomic mass is 10.2. The van der Waals surface area contributed by atoms with Crippen molar-refractivity contribution in [2.75, 3.05) is 10.2 Å². The predicted molar refractivity (Wildman–Crippen MR) is 103 cm³/mol. The zero-order chi connectivity index (χ0) is 20.5. The molecule has 0 saturated carbocycles. The van der Waals surface area contributed by atoms with E-state index in [0.29, 0.717) is 11.4 Å². The van der Waals surface area contributed by atoms with Crippen molar-refractivity contribution in [1.29, 1.82) is 0 Å². The Morgan fingerprint density at radius 3 is 2.21 bits per heavy atom. The molecule has 0 bridgehead atoms. The number of sulfonamides is 1. The van der Waals surface area contributed by atoms with Crippen molar-refractivity contribution < 1.29 is 22.8 Å². The highest BCUT2D eigenvalue weighted by Crippen LogP contribution is 2.25. The van der Waals surface area contributed by atoms with E-state index in [1.54, 1.807) is 12.1 Å². The normalized spacial score (nSPS) is 16.9. The van der Waals surface area contributed by atoms with E-state index in [4.69, 9.17) is 0 Å². The molecule has 1 heterocycles. The van der Waals surface area contributed by atoms with Gasteiger partial charge in [0.05, 0.1) is 17.0 Å². The summed E-state index contributed by atoms with van der Waals surface area (Å²) in [6.45, 7) is 3.02. The highest BCUT2D eigenvalue weighted by molar-refractivity contribution is 7.90. The molecule has 0 aromatic heterocycles. The van der Waals surface area contributed by atoms with Crippen LogP contribution >= 0.6 is 0 Å². The van der Waals surface area contributed by atoms with Gasteiger partial charge in [-0.25, -0.2) is 18.0 Å². The number of amides is 3. The molecule has 0 aliphatic carbocycles. The maximum atomic E-state index is 12.7. The summed E-state index contributed by atoms with van der Waals surface area (Å²) in [5.74, 6) is -1.37. The van der Waals surface area contributed by atoms with Gasteiger partial charge in [-0.1, -0.05) is 17.7 Å². The van der Waals surface area contributed by atoms with Gasteiger partial charge in [-0.2, -0.15) is 0 Å². The fraction of sp³-hybridized carbons (Fsp3) is 0.211. The first-order valence-electron chi connectivity index (χ1n) is 8.51. The summed E-state index contributed by atoms with van der Waals surface area (Å²) in [5.41, 5.74) is 2.02. The molecule has 1 fully saturated rings. The van der Waals surface area contributed by atoms with E-state index in [2.05, 4.69) is 5.32 Å². The van der Waals surface area contributed by atoms with Gasteiger partial charge in [0.15, 0.2) is 0 Å². The third-order valence-electron chi connectivity index (χ3n) is 4.22. The van der Waals surface area contributed by atoms with Gasteiger partial charge in [0.1, 0.15) is 6.04 Å². The molecule has 3 amide bonds. The lowest BCUT2D eigenvalue weighted by Gasteiger charge is -2.16. The molecule has 1 aliphatic heterocycles. The van der Waals surface area contributed by atoms with Crippen LogP contribution in [-0.4, -0.2) is 32.2 Å². The second-order valence-electron chi connectivity index (χ2n) is 6.49. The van der Waals surface area contributed by atoms with Crippen molar-refractivity contribution in [3.05, 3.63) is 54.1 Å². The summed E-state index contributed by atoms with van der Waals surface area (Å²) in [6.07, 6.45) is -0.00134. The van der Waals surface area contributed by atoms with E-state index in [9.17, 15) is 22.8 Å². The Morgan fingerprint density at radius 2 is 1.64 bits per heavy atom. The number of nitrogens with one attached hydrogen (secondary N) is 2. The molecule has 3 rings (SSSR count). The molecular formula is C19H19N3O5S. The van der Waals surface area contributed by atoms with E-state index in [1.165, 1.54) is 24.3 Å². The first-order chi connectivity index (χ1) is 13.2. The lowest BCUT2D eigenvalue weighted by molar-refractivity contribution is -0.121. The van der Waals surface area contributed by atoms with Crippen LogP contribution in [0.3, 0.4) is 0 Å². The summed E-state index contributed by atoms with van der Waals surface area (Å²) in [6, 6.07) is 11.9. The van der Waals surface area contributed by atoms with Crippen LogP contribution in [0.2, 0.25) is 0 Å². The van der Waals surface area contributed by atoms with Crippen molar-refractivity contribution >= 4 is 39.1 Å². The molecule has 146 valence electrons. The molecule has 8 nitrogen and oxygen atoms in total. The second-order valence-corrected chi connectivity index (χ2v) is 8.17. The van der Waals surface area contributed by atoms with Gasteiger partial charge >= 0.3 is 0 Å². The third kappa shape index (κ3) is 4.04. The van der Waals surface area contributed by atoms with Crippen molar-refractivity contribution in [3.63, 3.8) is 0 Å². The Bertz CT molecular complexity index is 1030. The van der Waals surface area contributed by atoms with Crippen LogP contribution in [0.1, 0.15) is 18.9 Å². The van der Waals surface area contributed by atoms with E-state index in [-0.39, 0.29) is 23.1 Å². The summed E-state index contributed by atoms with van der Waals surface area (Å²) in [7, 11) is -3.93. The minimum atomic E-state index is -3.93. The number of hydrogen-bond acceptors (Lipinski definition) is 6. The number of nitrogens with zero attached hydrogens (tertiary/aromatic N) is 1. The summed E-state index contributed by atoms with van der Waals surface area (Å²) < 4.78 is 25.8. The Labute approximate surface area is 162 Å². The van der Waals surface area contributed by atoms with Crippen molar-refractivity contribution in [3.8, 4) is 0 Å². The molecule has 2 N–H and O–H groups in total. The van der Waals surface area contributed by atoms with Gasteiger partial charge in [0, 0.05) is 12.6 Å². The molecule has 28 heavy (non-hydrogen) atoms. The van der Waals surface area contributed by atoms with Crippen molar-refractivity contribution in [2.45, 2.75) is 31.2 Å². The number of anilines is 2. The monoisotopic (exact) mass is 401 g/mol. The molecule has 0 spiro atoms. The van der Waals surface area contributed by atoms with E-state index in [1.807, 2.05) is 23.8 Å². The van der Waals surface area contributed by atoms with Gasteiger partial charge in [-0.15, -0.1) is 0 Å². The predicted octanol–water partition coefficient (Wildman–Crippen LogP) is 1.56. The number of hydrogen-bond donors (Lipinski definition) is 2. The van der Waals surface area contributed by atoms with E-state index < -0.39 is 22.0 Å². The van der Waals surface area contributed by atoms with Crippen LogP contribution in [0, 0.1) is 6.92 Å². The molecule has 2 aromatic rings. The zero-order valence-electron chi connectivity index (χ0n) is 15.3.